The van der Waals surface area contributed by atoms with Crippen molar-refractivity contribution in [2.45, 2.75) is 25.7 Å². The Morgan fingerprint density at radius 2 is 1.68 bits per heavy atom. The Labute approximate surface area is 119 Å². The van der Waals surface area contributed by atoms with Crippen molar-refractivity contribution in [3.05, 3.63) is 70.7 Å². The summed E-state index contributed by atoms with van der Waals surface area (Å²) in [5, 5.41) is 0.718. The third-order valence-corrected chi connectivity index (χ3v) is 3.20. The van der Waals surface area contributed by atoms with Crippen LogP contribution in [0.1, 0.15) is 24.2 Å². The Morgan fingerprint density at radius 3 is 2.26 bits per heavy atom. The molecule has 0 aliphatic heterocycles. The molecule has 2 nitrogen and oxygen atoms in total. The molecule has 0 bridgehead atoms. The highest BCUT2D eigenvalue weighted by Gasteiger charge is 2.16. The standard InChI is InChI=1S/C16H18ClNO/c1-12(18)16(14-7-9-15(17)10-8-14)19-11-13-5-3-2-4-6-13/h2-10,12,16H,11,18H2,1H3. The van der Waals surface area contributed by atoms with E-state index < -0.39 is 0 Å². The van der Waals surface area contributed by atoms with Crippen LogP contribution in [0, 0.1) is 0 Å². The molecule has 2 N–H and O–H groups in total. The van der Waals surface area contributed by atoms with Crippen molar-refractivity contribution in [1.82, 2.24) is 0 Å². The number of benzene rings is 2. The van der Waals surface area contributed by atoms with Gasteiger partial charge in [-0.25, -0.2) is 0 Å². The number of hydrogen-bond acceptors (Lipinski definition) is 2. The molecule has 2 aromatic rings. The quantitative estimate of drug-likeness (QED) is 0.897. The average Bonchev–Trinajstić information content (AvgIpc) is 2.42. The summed E-state index contributed by atoms with van der Waals surface area (Å²) < 4.78 is 5.95. The second kappa shape index (κ2) is 6.71. The Morgan fingerprint density at radius 1 is 1.05 bits per heavy atom. The summed E-state index contributed by atoms with van der Waals surface area (Å²) in [5.41, 5.74) is 8.20. The van der Waals surface area contributed by atoms with E-state index in [2.05, 4.69) is 0 Å². The lowest BCUT2D eigenvalue weighted by atomic mass is 10.0. The van der Waals surface area contributed by atoms with Gasteiger partial charge >= 0.3 is 0 Å². The van der Waals surface area contributed by atoms with Gasteiger partial charge in [0.25, 0.3) is 0 Å². The summed E-state index contributed by atoms with van der Waals surface area (Å²) >= 11 is 5.90. The first-order valence-electron chi connectivity index (χ1n) is 6.33. The first kappa shape index (κ1) is 14.1. The van der Waals surface area contributed by atoms with Crippen LogP contribution in [0.2, 0.25) is 5.02 Å². The van der Waals surface area contributed by atoms with Crippen LogP contribution in [0.5, 0.6) is 0 Å². The van der Waals surface area contributed by atoms with Crippen molar-refractivity contribution in [3.63, 3.8) is 0 Å². The van der Waals surface area contributed by atoms with E-state index in [0.717, 1.165) is 16.1 Å². The third-order valence-electron chi connectivity index (χ3n) is 2.95. The lowest BCUT2D eigenvalue weighted by Crippen LogP contribution is -2.26. The Bertz CT molecular complexity index is 496. The van der Waals surface area contributed by atoms with Crippen LogP contribution in [0.3, 0.4) is 0 Å². The van der Waals surface area contributed by atoms with Gasteiger partial charge in [0.05, 0.1) is 12.7 Å². The van der Waals surface area contributed by atoms with Gasteiger partial charge in [-0.3, -0.25) is 0 Å². The minimum atomic E-state index is -0.127. The zero-order chi connectivity index (χ0) is 13.7. The summed E-state index contributed by atoms with van der Waals surface area (Å²) in [5.74, 6) is 0. The van der Waals surface area contributed by atoms with Gasteiger partial charge in [0.15, 0.2) is 0 Å². The van der Waals surface area contributed by atoms with Crippen molar-refractivity contribution in [1.29, 1.82) is 0 Å². The fourth-order valence-electron chi connectivity index (χ4n) is 1.96. The van der Waals surface area contributed by atoms with Crippen LogP contribution in [0.4, 0.5) is 0 Å². The molecule has 0 saturated carbocycles. The molecular weight excluding hydrogens is 258 g/mol. The van der Waals surface area contributed by atoms with Gasteiger partial charge in [-0.2, -0.15) is 0 Å². The third kappa shape index (κ3) is 4.06. The maximum atomic E-state index is 6.01. The van der Waals surface area contributed by atoms with E-state index >= 15 is 0 Å². The summed E-state index contributed by atoms with van der Waals surface area (Å²) in [7, 11) is 0. The van der Waals surface area contributed by atoms with Crippen LogP contribution in [-0.2, 0) is 11.3 Å². The molecule has 19 heavy (non-hydrogen) atoms. The van der Waals surface area contributed by atoms with E-state index in [9.17, 15) is 0 Å². The number of nitrogens with two attached hydrogens (primary N) is 1. The van der Waals surface area contributed by atoms with Crippen LogP contribution < -0.4 is 5.73 Å². The molecule has 0 saturated heterocycles. The van der Waals surface area contributed by atoms with Crippen molar-refractivity contribution in [2.75, 3.05) is 0 Å². The molecule has 0 aromatic heterocycles. The molecular formula is C16H18ClNO. The normalized spacial score (nSPS) is 14.1. The van der Waals surface area contributed by atoms with Crippen LogP contribution in [0.25, 0.3) is 0 Å². The fourth-order valence-corrected chi connectivity index (χ4v) is 2.09. The lowest BCUT2D eigenvalue weighted by Gasteiger charge is -2.22. The molecule has 3 heteroatoms. The molecule has 0 aliphatic carbocycles. The maximum absolute atomic E-state index is 6.01. The van der Waals surface area contributed by atoms with E-state index in [-0.39, 0.29) is 12.1 Å². The molecule has 0 aliphatic rings. The van der Waals surface area contributed by atoms with E-state index in [1.54, 1.807) is 0 Å². The van der Waals surface area contributed by atoms with Gasteiger partial charge in [-0.05, 0) is 30.2 Å². The summed E-state index contributed by atoms with van der Waals surface area (Å²) in [6, 6.07) is 17.6. The number of ether oxygens (including phenoxy) is 1. The average molecular weight is 276 g/mol. The second-order valence-electron chi connectivity index (χ2n) is 4.63. The van der Waals surface area contributed by atoms with Gasteiger partial charge in [0, 0.05) is 11.1 Å². The predicted molar refractivity (Wildman–Crippen MR) is 79.1 cm³/mol. The molecule has 0 radical (unpaired) electrons. The monoisotopic (exact) mass is 275 g/mol. The van der Waals surface area contributed by atoms with E-state index in [4.69, 9.17) is 22.1 Å². The van der Waals surface area contributed by atoms with E-state index in [1.807, 2.05) is 61.5 Å². The largest absolute Gasteiger partial charge is 0.367 e. The van der Waals surface area contributed by atoms with Crippen molar-refractivity contribution in [2.24, 2.45) is 5.73 Å². The van der Waals surface area contributed by atoms with Crippen molar-refractivity contribution >= 4 is 11.6 Å². The first-order valence-corrected chi connectivity index (χ1v) is 6.71. The molecule has 2 unspecified atom stereocenters. The number of halogens is 1. The highest BCUT2D eigenvalue weighted by molar-refractivity contribution is 6.30. The Kier molecular flexibility index (Phi) is 4.97. The smallest absolute Gasteiger partial charge is 0.0977 e. The van der Waals surface area contributed by atoms with Crippen LogP contribution >= 0.6 is 11.6 Å². The lowest BCUT2D eigenvalue weighted by molar-refractivity contribution is 0.0259. The number of rotatable bonds is 5. The van der Waals surface area contributed by atoms with Crippen LogP contribution in [0.15, 0.2) is 54.6 Å². The fraction of sp³-hybridized carbons (Fsp3) is 0.250. The summed E-state index contributed by atoms with van der Waals surface area (Å²) in [6.45, 7) is 2.50. The molecule has 2 atom stereocenters. The number of hydrogen-bond donors (Lipinski definition) is 1. The highest BCUT2D eigenvalue weighted by atomic mass is 35.5. The van der Waals surface area contributed by atoms with Crippen LogP contribution in [-0.4, -0.2) is 6.04 Å². The predicted octanol–water partition coefficient (Wildman–Crippen LogP) is 3.95. The van der Waals surface area contributed by atoms with Gasteiger partial charge in [0.1, 0.15) is 0 Å². The molecule has 0 amide bonds. The summed E-state index contributed by atoms with van der Waals surface area (Å²) in [4.78, 5) is 0. The minimum Gasteiger partial charge on any atom is -0.367 e. The Hall–Kier alpha value is -1.35. The molecule has 2 aromatic carbocycles. The topological polar surface area (TPSA) is 35.2 Å². The van der Waals surface area contributed by atoms with Gasteiger partial charge < -0.3 is 10.5 Å². The maximum Gasteiger partial charge on any atom is 0.0977 e. The Balaban J connectivity index is 2.06. The van der Waals surface area contributed by atoms with Crippen molar-refractivity contribution < 1.29 is 4.74 Å². The highest BCUT2D eigenvalue weighted by Crippen LogP contribution is 2.23. The second-order valence-corrected chi connectivity index (χ2v) is 5.06. The van der Waals surface area contributed by atoms with E-state index in [0.29, 0.717) is 6.61 Å². The zero-order valence-corrected chi connectivity index (χ0v) is 11.7. The first-order chi connectivity index (χ1) is 9.16. The molecule has 100 valence electrons. The zero-order valence-electron chi connectivity index (χ0n) is 10.9. The van der Waals surface area contributed by atoms with Gasteiger partial charge in [0.2, 0.25) is 0 Å². The van der Waals surface area contributed by atoms with Gasteiger partial charge in [-0.15, -0.1) is 0 Å². The molecule has 0 spiro atoms. The molecule has 0 heterocycles. The van der Waals surface area contributed by atoms with Crippen molar-refractivity contribution in [3.8, 4) is 0 Å². The van der Waals surface area contributed by atoms with Gasteiger partial charge in [-0.1, -0.05) is 54.1 Å². The van der Waals surface area contributed by atoms with E-state index in [1.165, 1.54) is 0 Å². The minimum absolute atomic E-state index is 0.0788. The molecule has 2 rings (SSSR count). The summed E-state index contributed by atoms with van der Waals surface area (Å²) in [6.07, 6.45) is -0.127. The molecule has 0 fully saturated rings. The SMILES string of the molecule is CC(N)C(OCc1ccccc1)c1ccc(Cl)cc1.